The molecule has 3 aromatic rings. The molecule has 0 aliphatic rings. The fourth-order valence-corrected chi connectivity index (χ4v) is 3.56. The third-order valence-corrected chi connectivity index (χ3v) is 5.90. The number of carbonyl (C=O) groups excluding carboxylic acids is 2. The number of amides is 2. The molecule has 0 bridgehead atoms. The van der Waals surface area contributed by atoms with E-state index in [1.54, 1.807) is 42.8 Å². The van der Waals surface area contributed by atoms with E-state index in [2.05, 4.69) is 10.4 Å². The predicted molar refractivity (Wildman–Crippen MR) is 133 cm³/mol. The van der Waals surface area contributed by atoms with Crippen LogP contribution in [0.4, 0.5) is 10.2 Å². The summed E-state index contributed by atoms with van der Waals surface area (Å²) < 4.78 is 15.2. The van der Waals surface area contributed by atoms with Crippen LogP contribution in [0.3, 0.4) is 0 Å². The van der Waals surface area contributed by atoms with Crippen molar-refractivity contribution in [3.8, 4) is 5.69 Å². The molecule has 0 aliphatic heterocycles. The van der Waals surface area contributed by atoms with Crippen LogP contribution in [-0.4, -0.2) is 39.1 Å². The molecule has 3 rings (SSSR count). The van der Waals surface area contributed by atoms with Crippen LogP contribution in [0.1, 0.15) is 50.7 Å². The minimum Gasteiger partial charge on any atom is -0.327 e. The lowest BCUT2D eigenvalue weighted by Crippen LogP contribution is -2.42. The first kappa shape index (κ1) is 25.7. The summed E-state index contributed by atoms with van der Waals surface area (Å²) in [5, 5.41) is 8.28. The SMILES string of the molecule is CC(C)N(CC(=O)Nc1cc(C(C)(C)C)nn1-c1ccc(Cl)c(Cl)c1)C(=O)c1cccc(F)c1. The molecule has 180 valence electrons. The van der Waals surface area contributed by atoms with Gasteiger partial charge in [-0.05, 0) is 50.2 Å². The van der Waals surface area contributed by atoms with Crippen molar-refractivity contribution < 1.29 is 14.0 Å². The Hall–Kier alpha value is -2.90. The lowest BCUT2D eigenvalue weighted by Gasteiger charge is -2.26. The first-order valence-electron chi connectivity index (χ1n) is 10.8. The molecule has 1 N–H and O–H groups in total. The Morgan fingerprint density at radius 1 is 1.09 bits per heavy atom. The number of hydrogen-bond acceptors (Lipinski definition) is 3. The average molecular weight is 505 g/mol. The summed E-state index contributed by atoms with van der Waals surface area (Å²) in [4.78, 5) is 27.4. The topological polar surface area (TPSA) is 67.2 Å². The van der Waals surface area contributed by atoms with Crippen molar-refractivity contribution in [2.75, 3.05) is 11.9 Å². The van der Waals surface area contributed by atoms with E-state index in [-0.39, 0.29) is 23.6 Å². The van der Waals surface area contributed by atoms with E-state index < -0.39 is 17.6 Å². The number of aromatic nitrogens is 2. The Balaban J connectivity index is 1.89. The molecule has 0 unspecified atom stereocenters. The summed E-state index contributed by atoms with van der Waals surface area (Å²) in [5.74, 6) is -0.937. The molecule has 0 atom stereocenters. The molecular weight excluding hydrogens is 478 g/mol. The van der Waals surface area contributed by atoms with Gasteiger partial charge in [0.15, 0.2) is 0 Å². The van der Waals surface area contributed by atoms with Crippen LogP contribution in [0.5, 0.6) is 0 Å². The molecule has 9 heteroatoms. The highest BCUT2D eigenvalue weighted by atomic mass is 35.5. The van der Waals surface area contributed by atoms with Gasteiger partial charge in [0.2, 0.25) is 5.91 Å². The molecule has 2 aromatic carbocycles. The minimum absolute atomic E-state index is 0.178. The number of rotatable bonds is 6. The van der Waals surface area contributed by atoms with Crippen molar-refractivity contribution in [1.29, 1.82) is 0 Å². The van der Waals surface area contributed by atoms with E-state index in [0.717, 1.165) is 11.8 Å². The quantitative estimate of drug-likeness (QED) is 0.440. The van der Waals surface area contributed by atoms with Crippen LogP contribution in [0, 0.1) is 5.82 Å². The maximum Gasteiger partial charge on any atom is 0.254 e. The zero-order chi connectivity index (χ0) is 25.2. The zero-order valence-electron chi connectivity index (χ0n) is 19.7. The van der Waals surface area contributed by atoms with Crippen molar-refractivity contribution in [3.63, 3.8) is 0 Å². The van der Waals surface area contributed by atoms with Crippen LogP contribution < -0.4 is 5.32 Å². The second-order valence-corrected chi connectivity index (χ2v) is 10.1. The molecule has 0 saturated carbocycles. The van der Waals surface area contributed by atoms with Gasteiger partial charge in [0, 0.05) is 23.1 Å². The average Bonchev–Trinajstić information content (AvgIpc) is 3.17. The van der Waals surface area contributed by atoms with Crippen molar-refractivity contribution >= 4 is 40.8 Å². The number of hydrogen-bond donors (Lipinski definition) is 1. The third-order valence-electron chi connectivity index (χ3n) is 5.16. The third kappa shape index (κ3) is 5.96. The summed E-state index contributed by atoms with van der Waals surface area (Å²) >= 11 is 12.2. The Morgan fingerprint density at radius 3 is 2.38 bits per heavy atom. The van der Waals surface area contributed by atoms with E-state index in [0.29, 0.717) is 21.6 Å². The second-order valence-electron chi connectivity index (χ2n) is 9.26. The van der Waals surface area contributed by atoms with Crippen molar-refractivity contribution in [3.05, 3.63) is 75.7 Å². The van der Waals surface area contributed by atoms with Gasteiger partial charge in [-0.3, -0.25) is 9.59 Å². The largest absolute Gasteiger partial charge is 0.327 e. The molecule has 2 amide bonds. The van der Waals surface area contributed by atoms with Crippen LogP contribution >= 0.6 is 23.2 Å². The molecule has 0 aliphatic carbocycles. The molecule has 0 saturated heterocycles. The second kappa shape index (κ2) is 10.2. The van der Waals surface area contributed by atoms with Crippen molar-refractivity contribution in [2.45, 2.75) is 46.1 Å². The highest BCUT2D eigenvalue weighted by Gasteiger charge is 2.25. The summed E-state index contributed by atoms with van der Waals surface area (Å²) in [6.45, 7) is 9.41. The van der Waals surface area contributed by atoms with E-state index in [9.17, 15) is 14.0 Å². The summed E-state index contributed by atoms with van der Waals surface area (Å²) in [7, 11) is 0. The van der Waals surface area contributed by atoms with Gasteiger partial charge in [-0.1, -0.05) is 50.0 Å². The van der Waals surface area contributed by atoms with Gasteiger partial charge in [-0.25, -0.2) is 9.07 Å². The molecule has 0 radical (unpaired) electrons. The summed E-state index contributed by atoms with van der Waals surface area (Å²) in [5.41, 5.74) is 1.28. The Bertz CT molecular complexity index is 1220. The molecule has 1 aromatic heterocycles. The summed E-state index contributed by atoms with van der Waals surface area (Å²) in [6, 6.07) is 12.0. The Kier molecular flexibility index (Phi) is 7.68. The number of benzene rings is 2. The van der Waals surface area contributed by atoms with Gasteiger partial charge in [-0.2, -0.15) is 5.10 Å². The van der Waals surface area contributed by atoms with Gasteiger partial charge in [0.05, 0.1) is 21.4 Å². The molecule has 6 nitrogen and oxygen atoms in total. The number of halogens is 3. The van der Waals surface area contributed by atoms with Crippen LogP contribution in [0.25, 0.3) is 5.69 Å². The highest BCUT2D eigenvalue weighted by Crippen LogP contribution is 2.29. The lowest BCUT2D eigenvalue weighted by molar-refractivity contribution is -0.117. The van der Waals surface area contributed by atoms with Gasteiger partial charge < -0.3 is 10.2 Å². The maximum atomic E-state index is 13.6. The van der Waals surface area contributed by atoms with Crippen LogP contribution in [0.15, 0.2) is 48.5 Å². The van der Waals surface area contributed by atoms with Crippen LogP contribution in [0.2, 0.25) is 10.0 Å². The summed E-state index contributed by atoms with van der Waals surface area (Å²) in [6.07, 6.45) is 0. The molecular formula is C25H27Cl2FN4O2. The van der Waals surface area contributed by atoms with Crippen LogP contribution in [-0.2, 0) is 10.2 Å². The van der Waals surface area contributed by atoms with E-state index in [1.165, 1.54) is 23.1 Å². The number of nitrogens with zero attached hydrogens (tertiary/aromatic N) is 3. The minimum atomic E-state index is -0.515. The van der Waals surface area contributed by atoms with Gasteiger partial charge in [0.1, 0.15) is 18.2 Å². The normalized spacial score (nSPS) is 11.6. The Morgan fingerprint density at radius 2 is 1.79 bits per heavy atom. The fraction of sp³-hybridized carbons (Fsp3) is 0.320. The molecule has 0 fully saturated rings. The molecule has 1 heterocycles. The van der Waals surface area contributed by atoms with E-state index in [1.807, 2.05) is 20.8 Å². The standard InChI is InChI=1S/C25H27Cl2FN4O2/c1-15(2)31(24(34)16-7-6-8-17(28)11-16)14-23(33)29-22-13-21(25(3,4)5)30-32(22)18-9-10-19(26)20(27)12-18/h6-13,15H,14H2,1-5H3,(H,29,33). The van der Waals surface area contributed by atoms with Gasteiger partial charge in [-0.15, -0.1) is 0 Å². The number of carbonyl (C=O) groups is 2. The monoisotopic (exact) mass is 504 g/mol. The van der Waals surface area contributed by atoms with Gasteiger partial charge in [0.25, 0.3) is 5.91 Å². The molecule has 34 heavy (non-hydrogen) atoms. The first-order valence-corrected chi connectivity index (χ1v) is 11.5. The number of nitrogens with one attached hydrogen (secondary N) is 1. The fourth-order valence-electron chi connectivity index (χ4n) is 3.26. The predicted octanol–water partition coefficient (Wildman–Crippen LogP) is 6.11. The van der Waals surface area contributed by atoms with Gasteiger partial charge >= 0.3 is 0 Å². The van der Waals surface area contributed by atoms with Crippen molar-refractivity contribution in [1.82, 2.24) is 14.7 Å². The highest BCUT2D eigenvalue weighted by molar-refractivity contribution is 6.42. The van der Waals surface area contributed by atoms with E-state index >= 15 is 0 Å². The smallest absolute Gasteiger partial charge is 0.254 e. The maximum absolute atomic E-state index is 13.6. The zero-order valence-corrected chi connectivity index (χ0v) is 21.2. The Labute approximate surface area is 208 Å². The lowest BCUT2D eigenvalue weighted by atomic mass is 9.92. The molecule has 0 spiro atoms. The van der Waals surface area contributed by atoms with E-state index in [4.69, 9.17) is 23.2 Å². The first-order chi connectivity index (χ1) is 15.9. The van der Waals surface area contributed by atoms with Crippen molar-refractivity contribution in [2.24, 2.45) is 0 Å². The number of anilines is 1.